The highest BCUT2D eigenvalue weighted by molar-refractivity contribution is 5.50. The molecule has 0 amide bonds. The summed E-state index contributed by atoms with van der Waals surface area (Å²) in [5, 5.41) is 10.6. The molecule has 0 spiro atoms. The van der Waals surface area contributed by atoms with Gasteiger partial charge in [-0.25, -0.2) is 0 Å². The number of rotatable bonds is 4. The van der Waals surface area contributed by atoms with Gasteiger partial charge in [-0.05, 0) is 38.1 Å². The average Bonchev–Trinajstić information content (AvgIpc) is 2.75. The van der Waals surface area contributed by atoms with Gasteiger partial charge in [0, 0.05) is 38.0 Å². The first-order valence-corrected chi connectivity index (χ1v) is 6.20. The Morgan fingerprint density at radius 1 is 1.44 bits per heavy atom. The minimum atomic E-state index is -0.365. The van der Waals surface area contributed by atoms with Crippen LogP contribution in [0.4, 0.5) is 11.4 Å². The summed E-state index contributed by atoms with van der Waals surface area (Å²) >= 11 is 0. The Labute approximate surface area is 107 Å². The van der Waals surface area contributed by atoms with Crippen molar-refractivity contribution in [3.63, 3.8) is 0 Å². The number of anilines is 1. The predicted molar refractivity (Wildman–Crippen MR) is 72.0 cm³/mol. The van der Waals surface area contributed by atoms with E-state index >= 15 is 0 Å². The zero-order valence-electron chi connectivity index (χ0n) is 10.9. The topological polar surface area (TPSA) is 49.6 Å². The van der Waals surface area contributed by atoms with Crippen molar-refractivity contribution in [2.75, 3.05) is 38.6 Å². The number of benzene rings is 1. The summed E-state index contributed by atoms with van der Waals surface area (Å²) in [6.07, 6.45) is 1.23. The van der Waals surface area contributed by atoms with Crippen LogP contribution in [-0.2, 0) is 0 Å². The van der Waals surface area contributed by atoms with Crippen molar-refractivity contribution in [2.24, 2.45) is 5.92 Å². The lowest BCUT2D eigenvalue weighted by Gasteiger charge is -2.23. The summed E-state index contributed by atoms with van der Waals surface area (Å²) in [6, 6.07) is 6.76. The Kier molecular flexibility index (Phi) is 3.81. The lowest BCUT2D eigenvalue weighted by atomic mass is 10.1. The second kappa shape index (κ2) is 5.35. The maximum absolute atomic E-state index is 10.6. The number of nitro groups is 1. The van der Waals surface area contributed by atoms with E-state index in [1.165, 1.54) is 13.0 Å². The Hall–Kier alpha value is -1.62. The number of hydrogen-bond acceptors (Lipinski definition) is 4. The third-order valence-corrected chi connectivity index (χ3v) is 3.52. The van der Waals surface area contributed by atoms with Crippen molar-refractivity contribution in [1.29, 1.82) is 0 Å². The lowest BCUT2D eigenvalue weighted by Crippen LogP contribution is -2.27. The van der Waals surface area contributed by atoms with Crippen LogP contribution in [0, 0.1) is 16.0 Å². The molecule has 0 radical (unpaired) electrons. The summed E-state index contributed by atoms with van der Waals surface area (Å²) in [4.78, 5) is 14.7. The van der Waals surface area contributed by atoms with Crippen molar-refractivity contribution >= 4 is 11.4 Å². The van der Waals surface area contributed by atoms with Crippen molar-refractivity contribution in [2.45, 2.75) is 6.42 Å². The quantitative estimate of drug-likeness (QED) is 0.605. The van der Waals surface area contributed by atoms with Gasteiger partial charge in [-0.3, -0.25) is 10.1 Å². The molecule has 5 nitrogen and oxygen atoms in total. The smallest absolute Gasteiger partial charge is 0.269 e. The first-order chi connectivity index (χ1) is 8.56. The second-order valence-corrected chi connectivity index (χ2v) is 5.07. The first-order valence-electron chi connectivity index (χ1n) is 6.20. The maximum Gasteiger partial charge on any atom is 0.269 e. The lowest BCUT2D eigenvalue weighted by molar-refractivity contribution is -0.384. The molecule has 0 aromatic heterocycles. The summed E-state index contributed by atoms with van der Waals surface area (Å²) in [5.41, 5.74) is 1.18. The Bertz CT molecular complexity index is 419. The Morgan fingerprint density at radius 3 is 2.61 bits per heavy atom. The Balaban J connectivity index is 1.96. The average molecular weight is 249 g/mol. The fraction of sp³-hybridized carbons (Fsp3) is 0.538. The largest absolute Gasteiger partial charge is 0.374 e. The SMILES string of the molecule is CN1CCC(CN(C)c2ccc([N+](=O)[O-])cc2)C1. The normalized spacial score (nSPS) is 20.0. The zero-order valence-corrected chi connectivity index (χ0v) is 10.9. The molecule has 1 aliphatic heterocycles. The first kappa shape index (κ1) is 12.8. The zero-order chi connectivity index (χ0) is 13.1. The van der Waals surface area contributed by atoms with Gasteiger partial charge in [0.05, 0.1) is 4.92 Å². The van der Waals surface area contributed by atoms with Crippen LogP contribution in [0.2, 0.25) is 0 Å². The van der Waals surface area contributed by atoms with Crippen LogP contribution in [0.25, 0.3) is 0 Å². The van der Waals surface area contributed by atoms with Gasteiger partial charge >= 0.3 is 0 Å². The molecular formula is C13H19N3O2. The van der Waals surface area contributed by atoms with Crippen LogP contribution in [0.5, 0.6) is 0 Å². The van der Waals surface area contributed by atoms with Gasteiger partial charge in [-0.2, -0.15) is 0 Å². The molecule has 1 fully saturated rings. The Morgan fingerprint density at radius 2 is 2.11 bits per heavy atom. The summed E-state index contributed by atoms with van der Waals surface area (Å²) in [6.45, 7) is 3.30. The molecule has 98 valence electrons. The second-order valence-electron chi connectivity index (χ2n) is 5.07. The van der Waals surface area contributed by atoms with Gasteiger partial charge in [0.1, 0.15) is 0 Å². The summed E-state index contributed by atoms with van der Waals surface area (Å²) in [5.74, 6) is 0.690. The molecule has 2 rings (SSSR count). The molecule has 18 heavy (non-hydrogen) atoms. The molecule has 1 unspecified atom stereocenters. The molecule has 1 aliphatic rings. The van der Waals surface area contributed by atoms with Gasteiger partial charge < -0.3 is 9.80 Å². The van der Waals surface area contributed by atoms with Gasteiger partial charge in [-0.1, -0.05) is 0 Å². The van der Waals surface area contributed by atoms with E-state index in [0.29, 0.717) is 5.92 Å². The van der Waals surface area contributed by atoms with Crippen LogP contribution in [0.15, 0.2) is 24.3 Å². The van der Waals surface area contributed by atoms with Crippen LogP contribution < -0.4 is 4.90 Å². The summed E-state index contributed by atoms with van der Waals surface area (Å²) < 4.78 is 0. The third kappa shape index (κ3) is 2.98. The van der Waals surface area contributed by atoms with E-state index in [1.807, 2.05) is 19.2 Å². The van der Waals surface area contributed by atoms with E-state index in [-0.39, 0.29) is 10.6 Å². The number of non-ortho nitro benzene ring substituents is 1. The maximum atomic E-state index is 10.6. The fourth-order valence-corrected chi connectivity index (χ4v) is 2.50. The molecule has 0 saturated carbocycles. The van der Waals surface area contributed by atoms with Crippen molar-refractivity contribution < 1.29 is 4.92 Å². The minimum absolute atomic E-state index is 0.146. The van der Waals surface area contributed by atoms with Crippen LogP contribution in [-0.4, -0.2) is 43.6 Å². The number of hydrogen-bond donors (Lipinski definition) is 0. The number of likely N-dealkylation sites (tertiary alicyclic amines) is 1. The molecule has 1 aromatic carbocycles. The fourth-order valence-electron chi connectivity index (χ4n) is 2.50. The van der Waals surface area contributed by atoms with Crippen LogP contribution in [0.1, 0.15) is 6.42 Å². The van der Waals surface area contributed by atoms with Gasteiger partial charge in [0.15, 0.2) is 0 Å². The van der Waals surface area contributed by atoms with Gasteiger partial charge in [0.25, 0.3) is 5.69 Å². The molecule has 1 saturated heterocycles. The minimum Gasteiger partial charge on any atom is -0.374 e. The molecule has 1 aromatic rings. The van der Waals surface area contributed by atoms with Crippen LogP contribution in [0.3, 0.4) is 0 Å². The number of nitro benzene ring substituents is 1. The van der Waals surface area contributed by atoms with Crippen molar-refractivity contribution in [3.8, 4) is 0 Å². The van der Waals surface area contributed by atoms with Crippen LogP contribution >= 0.6 is 0 Å². The molecule has 1 atom stereocenters. The third-order valence-electron chi connectivity index (χ3n) is 3.52. The molecular weight excluding hydrogens is 230 g/mol. The standard InChI is InChI=1S/C13H19N3O2/c1-14-8-7-11(9-14)10-15(2)12-3-5-13(6-4-12)16(17)18/h3-6,11H,7-10H2,1-2H3. The molecule has 0 aliphatic carbocycles. The van der Waals surface area contributed by atoms with Crippen molar-refractivity contribution in [3.05, 3.63) is 34.4 Å². The van der Waals surface area contributed by atoms with E-state index in [1.54, 1.807) is 12.1 Å². The van der Waals surface area contributed by atoms with E-state index < -0.39 is 0 Å². The monoisotopic (exact) mass is 249 g/mol. The van der Waals surface area contributed by atoms with Crippen molar-refractivity contribution in [1.82, 2.24) is 4.90 Å². The highest BCUT2D eigenvalue weighted by Crippen LogP contribution is 2.21. The molecule has 1 heterocycles. The molecule has 5 heteroatoms. The predicted octanol–water partition coefficient (Wildman–Crippen LogP) is 1.98. The highest BCUT2D eigenvalue weighted by atomic mass is 16.6. The highest BCUT2D eigenvalue weighted by Gasteiger charge is 2.20. The van der Waals surface area contributed by atoms with E-state index in [0.717, 1.165) is 18.8 Å². The van der Waals surface area contributed by atoms with E-state index in [2.05, 4.69) is 16.8 Å². The van der Waals surface area contributed by atoms with E-state index in [4.69, 9.17) is 0 Å². The molecule has 0 bridgehead atoms. The summed E-state index contributed by atoms with van der Waals surface area (Å²) in [7, 11) is 4.19. The van der Waals surface area contributed by atoms with Gasteiger partial charge in [-0.15, -0.1) is 0 Å². The number of nitrogens with zero attached hydrogens (tertiary/aromatic N) is 3. The molecule has 0 N–H and O–H groups in total. The van der Waals surface area contributed by atoms with E-state index in [9.17, 15) is 10.1 Å². The van der Waals surface area contributed by atoms with Gasteiger partial charge in [0.2, 0.25) is 0 Å².